The van der Waals surface area contributed by atoms with Crippen LogP contribution in [0.4, 0.5) is 5.69 Å². The van der Waals surface area contributed by atoms with Crippen LogP contribution in [-0.2, 0) is 4.79 Å². The third-order valence-electron chi connectivity index (χ3n) is 4.71. The molecule has 1 N–H and O–H groups in total. The largest absolute Gasteiger partial charge is 0.492 e. The predicted octanol–water partition coefficient (Wildman–Crippen LogP) is 3.01. The van der Waals surface area contributed by atoms with Crippen LogP contribution in [0.5, 0.6) is 5.75 Å². The van der Waals surface area contributed by atoms with Gasteiger partial charge in [-0.15, -0.1) is 0 Å². The molecule has 1 unspecified atom stereocenters. The molecule has 0 saturated carbocycles. The number of rotatable bonds is 6. The maximum absolute atomic E-state index is 13.2. The number of anilines is 1. The van der Waals surface area contributed by atoms with Gasteiger partial charge in [-0.2, -0.15) is 0 Å². The maximum Gasteiger partial charge on any atom is 0.246 e. The highest BCUT2D eigenvalue weighted by Crippen LogP contribution is 2.28. The lowest BCUT2D eigenvalue weighted by Gasteiger charge is -2.37. The third kappa shape index (κ3) is 4.42. The van der Waals surface area contributed by atoms with Crippen LogP contribution in [0.1, 0.15) is 18.5 Å². The number of nitrogens with zero attached hydrogens (tertiary/aromatic N) is 2. The molecule has 138 valence electrons. The smallest absolute Gasteiger partial charge is 0.246 e. The minimum Gasteiger partial charge on any atom is -0.492 e. The van der Waals surface area contributed by atoms with E-state index in [9.17, 15) is 4.79 Å². The first-order valence-corrected chi connectivity index (χ1v) is 9.19. The van der Waals surface area contributed by atoms with E-state index in [1.807, 2.05) is 61.5 Å². The minimum absolute atomic E-state index is 0.0205. The lowest BCUT2D eigenvalue weighted by atomic mass is 10.0. The lowest BCUT2D eigenvalue weighted by molar-refractivity contribution is -0.122. The van der Waals surface area contributed by atoms with Gasteiger partial charge in [0.05, 0.1) is 12.3 Å². The molecule has 1 fully saturated rings. The Morgan fingerprint density at radius 1 is 1.04 bits per heavy atom. The molecule has 1 aliphatic heterocycles. The van der Waals surface area contributed by atoms with E-state index in [-0.39, 0.29) is 11.9 Å². The van der Waals surface area contributed by atoms with Crippen molar-refractivity contribution in [3.63, 3.8) is 0 Å². The number of amides is 1. The fourth-order valence-electron chi connectivity index (χ4n) is 3.30. The van der Waals surface area contributed by atoms with Gasteiger partial charge in [-0.1, -0.05) is 42.5 Å². The van der Waals surface area contributed by atoms with E-state index in [4.69, 9.17) is 4.74 Å². The van der Waals surface area contributed by atoms with Crippen molar-refractivity contribution in [1.29, 1.82) is 0 Å². The van der Waals surface area contributed by atoms with Crippen molar-refractivity contribution in [3.8, 4) is 5.75 Å². The Hall–Kier alpha value is -2.37. The number of nitrogens with one attached hydrogen (secondary N) is 1. The fourth-order valence-corrected chi connectivity index (χ4v) is 3.30. The van der Waals surface area contributed by atoms with Gasteiger partial charge < -0.3 is 15.0 Å². The number of hydrogen-bond donors (Lipinski definition) is 1. The minimum atomic E-state index is -0.306. The quantitative estimate of drug-likeness (QED) is 0.867. The number of para-hydroxylation sites is 2. The van der Waals surface area contributed by atoms with Crippen LogP contribution in [0, 0.1) is 0 Å². The molecule has 1 heterocycles. The molecular weight excluding hydrogens is 326 g/mol. The Morgan fingerprint density at radius 2 is 1.69 bits per heavy atom. The Morgan fingerprint density at radius 3 is 2.38 bits per heavy atom. The summed E-state index contributed by atoms with van der Waals surface area (Å²) < 4.78 is 5.65. The highest BCUT2D eigenvalue weighted by atomic mass is 16.5. The maximum atomic E-state index is 13.2. The van der Waals surface area contributed by atoms with Gasteiger partial charge in [-0.3, -0.25) is 9.69 Å². The number of carbonyl (C=O) groups is 1. The average Bonchev–Trinajstić information content (AvgIpc) is 2.66. The zero-order valence-electron chi connectivity index (χ0n) is 15.5. The standard InChI is InChI=1S/C21H27N3O2/c1-3-26-19-12-8-7-11-18(19)22-21(25)20(17-9-5-4-6-10-17)24-15-13-23(2)14-16-24/h4-12,20H,3,13-16H2,1-2H3,(H,22,25). The second-order valence-electron chi connectivity index (χ2n) is 6.57. The van der Waals surface area contributed by atoms with Crippen molar-refractivity contribution in [1.82, 2.24) is 9.80 Å². The lowest BCUT2D eigenvalue weighted by Crippen LogP contribution is -2.48. The van der Waals surface area contributed by atoms with E-state index < -0.39 is 0 Å². The first-order valence-electron chi connectivity index (χ1n) is 9.19. The van der Waals surface area contributed by atoms with E-state index in [0.717, 1.165) is 37.4 Å². The van der Waals surface area contributed by atoms with E-state index in [2.05, 4.69) is 22.2 Å². The summed E-state index contributed by atoms with van der Waals surface area (Å²) in [5.41, 5.74) is 1.73. The second-order valence-corrected chi connectivity index (χ2v) is 6.57. The van der Waals surface area contributed by atoms with Gasteiger partial charge in [-0.25, -0.2) is 0 Å². The molecule has 0 aromatic heterocycles. The molecule has 3 rings (SSSR count). The summed E-state index contributed by atoms with van der Waals surface area (Å²) >= 11 is 0. The molecule has 0 bridgehead atoms. The number of carbonyl (C=O) groups excluding carboxylic acids is 1. The Balaban J connectivity index is 1.84. The zero-order chi connectivity index (χ0) is 18.4. The van der Waals surface area contributed by atoms with Crippen LogP contribution in [0.15, 0.2) is 54.6 Å². The van der Waals surface area contributed by atoms with Gasteiger partial charge in [0.15, 0.2) is 0 Å². The molecule has 1 atom stereocenters. The summed E-state index contributed by atoms with van der Waals surface area (Å²) in [7, 11) is 2.12. The van der Waals surface area contributed by atoms with Gasteiger partial charge in [0.1, 0.15) is 11.8 Å². The summed E-state index contributed by atoms with van der Waals surface area (Å²) in [6.45, 7) is 6.18. The normalized spacial score (nSPS) is 16.8. The number of benzene rings is 2. The van der Waals surface area contributed by atoms with Crippen molar-refractivity contribution in [3.05, 3.63) is 60.2 Å². The summed E-state index contributed by atoms with van der Waals surface area (Å²) in [4.78, 5) is 17.8. The van der Waals surface area contributed by atoms with E-state index in [1.165, 1.54) is 0 Å². The number of likely N-dealkylation sites (N-methyl/N-ethyl adjacent to an activating group) is 1. The monoisotopic (exact) mass is 353 g/mol. The van der Waals surface area contributed by atoms with Gasteiger partial charge in [-0.05, 0) is 31.7 Å². The molecule has 5 heteroatoms. The van der Waals surface area contributed by atoms with Crippen LogP contribution < -0.4 is 10.1 Å². The highest BCUT2D eigenvalue weighted by Gasteiger charge is 2.30. The van der Waals surface area contributed by atoms with Gasteiger partial charge in [0, 0.05) is 26.2 Å². The topological polar surface area (TPSA) is 44.8 Å². The molecule has 1 saturated heterocycles. The number of ether oxygens (including phenoxy) is 1. The van der Waals surface area contributed by atoms with Gasteiger partial charge in [0.25, 0.3) is 0 Å². The molecule has 5 nitrogen and oxygen atoms in total. The third-order valence-corrected chi connectivity index (χ3v) is 4.71. The molecule has 2 aromatic rings. The first kappa shape index (κ1) is 18.4. The molecule has 1 aliphatic rings. The van der Waals surface area contributed by atoms with Gasteiger partial charge in [0.2, 0.25) is 5.91 Å². The molecule has 1 amide bonds. The summed E-state index contributed by atoms with van der Waals surface area (Å²) in [5, 5.41) is 3.08. The van der Waals surface area contributed by atoms with Crippen LogP contribution >= 0.6 is 0 Å². The second kappa shape index (κ2) is 8.83. The van der Waals surface area contributed by atoms with Crippen molar-refractivity contribution in [2.75, 3.05) is 45.2 Å². The van der Waals surface area contributed by atoms with E-state index >= 15 is 0 Å². The average molecular weight is 353 g/mol. The summed E-state index contributed by atoms with van der Waals surface area (Å²) in [6.07, 6.45) is 0. The van der Waals surface area contributed by atoms with Gasteiger partial charge >= 0.3 is 0 Å². The van der Waals surface area contributed by atoms with Crippen LogP contribution in [0.3, 0.4) is 0 Å². The molecular formula is C21H27N3O2. The molecule has 0 aliphatic carbocycles. The molecule has 26 heavy (non-hydrogen) atoms. The molecule has 0 spiro atoms. The van der Waals surface area contributed by atoms with Crippen molar-refractivity contribution < 1.29 is 9.53 Å². The predicted molar refractivity (Wildman–Crippen MR) is 104 cm³/mol. The fraction of sp³-hybridized carbons (Fsp3) is 0.381. The summed E-state index contributed by atoms with van der Waals surface area (Å²) in [6, 6.07) is 17.3. The first-order chi connectivity index (χ1) is 12.7. The SMILES string of the molecule is CCOc1ccccc1NC(=O)C(c1ccccc1)N1CCN(C)CC1. The highest BCUT2D eigenvalue weighted by molar-refractivity contribution is 5.96. The number of hydrogen-bond acceptors (Lipinski definition) is 4. The van der Waals surface area contributed by atoms with Crippen molar-refractivity contribution in [2.24, 2.45) is 0 Å². The van der Waals surface area contributed by atoms with Crippen LogP contribution in [-0.4, -0.2) is 55.5 Å². The van der Waals surface area contributed by atoms with Crippen LogP contribution in [0.25, 0.3) is 0 Å². The van der Waals surface area contributed by atoms with Crippen molar-refractivity contribution >= 4 is 11.6 Å². The molecule has 0 radical (unpaired) electrons. The van der Waals surface area contributed by atoms with Crippen LogP contribution in [0.2, 0.25) is 0 Å². The van der Waals surface area contributed by atoms with E-state index in [0.29, 0.717) is 12.4 Å². The van der Waals surface area contributed by atoms with E-state index in [1.54, 1.807) is 0 Å². The Kier molecular flexibility index (Phi) is 6.26. The van der Waals surface area contributed by atoms with Crippen molar-refractivity contribution in [2.45, 2.75) is 13.0 Å². The summed E-state index contributed by atoms with van der Waals surface area (Å²) in [5.74, 6) is 0.682. The number of piperazine rings is 1. The zero-order valence-corrected chi connectivity index (χ0v) is 15.5. The Bertz CT molecular complexity index is 712. The molecule has 2 aromatic carbocycles. The Labute approximate surface area is 155 Å².